The highest BCUT2D eigenvalue weighted by molar-refractivity contribution is 14.1. The summed E-state index contributed by atoms with van der Waals surface area (Å²) >= 11 is 2.24. The van der Waals surface area contributed by atoms with Crippen LogP contribution in [0, 0.1) is 9.49 Å². The van der Waals surface area contributed by atoms with Crippen LogP contribution in [0.15, 0.2) is 24.3 Å². The fraction of sp³-hybridized carbons (Fsp3) is 0.462. The summed E-state index contributed by atoms with van der Waals surface area (Å²) in [6.07, 6.45) is 3.60. The molecule has 0 radical (unpaired) electrons. The average molecular weight is 329 g/mol. The molecule has 1 fully saturated rings. The van der Waals surface area contributed by atoms with Gasteiger partial charge >= 0.3 is 0 Å². The fourth-order valence-electron chi connectivity index (χ4n) is 1.97. The van der Waals surface area contributed by atoms with Gasteiger partial charge in [0.2, 0.25) is 0 Å². The van der Waals surface area contributed by atoms with Crippen molar-refractivity contribution in [2.24, 2.45) is 5.92 Å². The zero-order chi connectivity index (χ0) is 11.5. The van der Waals surface area contributed by atoms with Gasteiger partial charge in [-0.2, -0.15) is 0 Å². The fourth-order valence-corrected chi connectivity index (χ4v) is 2.33. The van der Waals surface area contributed by atoms with Crippen LogP contribution in [-0.2, 0) is 0 Å². The van der Waals surface area contributed by atoms with E-state index < -0.39 is 0 Å². The second-order valence-corrected chi connectivity index (χ2v) is 5.62. The van der Waals surface area contributed by atoms with Gasteiger partial charge in [-0.25, -0.2) is 0 Å². The summed E-state index contributed by atoms with van der Waals surface area (Å²) in [7, 11) is 0. The number of carbonyl (C=O) groups is 1. The molecule has 2 nitrogen and oxygen atoms in total. The van der Waals surface area contributed by atoms with Crippen molar-refractivity contribution in [3.05, 3.63) is 33.4 Å². The van der Waals surface area contributed by atoms with Crippen LogP contribution in [0.4, 0.5) is 0 Å². The van der Waals surface area contributed by atoms with Gasteiger partial charge in [0.25, 0.3) is 5.91 Å². The van der Waals surface area contributed by atoms with E-state index in [1.165, 1.54) is 12.8 Å². The molecule has 1 aliphatic rings. The van der Waals surface area contributed by atoms with Crippen molar-refractivity contribution in [2.75, 3.05) is 0 Å². The first-order valence-electron chi connectivity index (χ1n) is 5.77. The lowest BCUT2D eigenvalue weighted by atomic mass is 10.2. The maximum Gasteiger partial charge on any atom is 0.251 e. The van der Waals surface area contributed by atoms with E-state index in [1.54, 1.807) is 0 Å². The maximum atomic E-state index is 11.8. The molecule has 1 aromatic rings. The minimum Gasteiger partial charge on any atom is -0.349 e. The summed E-state index contributed by atoms with van der Waals surface area (Å²) in [4.78, 5) is 11.8. The van der Waals surface area contributed by atoms with Crippen LogP contribution in [0.3, 0.4) is 0 Å². The van der Waals surface area contributed by atoms with Crippen LogP contribution < -0.4 is 5.32 Å². The Bertz CT molecular complexity index is 374. The lowest BCUT2D eigenvalue weighted by Gasteiger charge is -2.04. The molecule has 3 heteroatoms. The third kappa shape index (κ3) is 2.97. The first kappa shape index (κ1) is 11.9. The lowest BCUT2D eigenvalue weighted by Crippen LogP contribution is -2.26. The summed E-state index contributed by atoms with van der Waals surface area (Å²) in [6, 6.07) is 8.12. The highest BCUT2D eigenvalue weighted by Gasteiger charge is 2.37. The number of nitrogens with one attached hydrogen (secondary N) is 1. The number of carbonyl (C=O) groups excluding carboxylic acids is 1. The molecular formula is C13H16INO. The van der Waals surface area contributed by atoms with Gasteiger partial charge in [0.15, 0.2) is 0 Å². The summed E-state index contributed by atoms with van der Waals surface area (Å²) in [5, 5.41) is 3.08. The Hall–Kier alpha value is -0.580. The van der Waals surface area contributed by atoms with Gasteiger partial charge in [0.05, 0.1) is 0 Å². The Labute approximate surface area is 110 Å². The Morgan fingerprint density at radius 1 is 1.44 bits per heavy atom. The van der Waals surface area contributed by atoms with Gasteiger partial charge in [-0.3, -0.25) is 4.79 Å². The van der Waals surface area contributed by atoms with Crippen molar-refractivity contribution in [1.29, 1.82) is 0 Å². The molecule has 0 saturated heterocycles. The number of halogens is 1. The van der Waals surface area contributed by atoms with Crippen LogP contribution in [0.2, 0.25) is 0 Å². The van der Waals surface area contributed by atoms with Crippen LogP contribution in [-0.4, -0.2) is 11.9 Å². The minimum absolute atomic E-state index is 0.0694. The molecule has 2 rings (SSSR count). The molecule has 2 unspecified atom stereocenters. The molecule has 2 atom stereocenters. The number of hydrogen-bond acceptors (Lipinski definition) is 1. The summed E-state index contributed by atoms with van der Waals surface area (Å²) < 4.78 is 1.16. The highest BCUT2D eigenvalue weighted by atomic mass is 127. The average Bonchev–Trinajstić information content (AvgIpc) is 2.98. The van der Waals surface area contributed by atoms with Crippen LogP contribution in [0.5, 0.6) is 0 Å². The first-order valence-corrected chi connectivity index (χ1v) is 6.85. The second kappa shape index (κ2) is 5.17. The quantitative estimate of drug-likeness (QED) is 0.845. The minimum atomic E-state index is 0.0694. The normalized spacial score (nSPS) is 22.9. The molecule has 1 amide bonds. The number of rotatable bonds is 4. The zero-order valence-corrected chi connectivity index (χ0v) is 11.5. The van der Waals surface area contributed by atoms with Gasteiger partial charge in [-0.1, -0.05) is 13.3 Å². The number of benzene rings is 1. The van der Waals surface area contributed by atoms with E-state index in [0.717, 1.165) is 21.5 Å². The van der Waals surface area contributed by atoms with Crippen LogP contribution in [0.25, 0.3) is 0 Å². The van der Waals surface area contributed by atoms with Crippen molar-refractivity contribution in [2.45, 2.75) is 32.2 Å². The molecule has 1 N–H and O–H groups in total. The van der Waals surface area contributed by atoms with E-state index in [1.807, 2.05) is 24.3 Å². The van der Waals surface area contributed by atoms with Crippen molar-refractivity contribution >= 4 is 28.5 Å². The molecule has 86 valence electrons. The Morgan fingerprint density at radius 3 is 2.75 bits per heavy atom. The SMILES string of the molecule is CCCC1CC1NC(=O)c1ccc(I)cc1. The smallest absolute Gasteiger partial charge is 0.251 e. The molecule has 0 aliphatic heterocycles. The number of hydrogen-bond donors (Lipinski definition) is 1. The van der Waals surface area contributed by atoms with E-state index in [2.05, 4.69) is 34.8 Å². The Balaban J connectivity index is 1.87. The molecule has 0 spiro atoms. The van der Waals surface area contributed by atoms with Crippen LogP contribution >= 0.6 is 22.6 Å². The molecule has 0 heterocycles. The van der Waals surface area contributed by atoms with Crippen molar-refractivity contribution in [1.82, 2.24) is 5.32 Å². The van der Waals surface area contributed by atoms with E-state index in [0.29, 0.717) is 6.04 Å². The predicted octanol–water partition coefficient (Wildman–Crippen LogP) is 3.21. The van der Waals surface area contributed by atoms with Gasteiger partial charge in [-0.05, 0) is 65.6 Å². The molecular weight excluding hydrogens is 313 g/mol. The van der Waals surface area contributed by atoms with Gasteiger partial charge in [0, 0.05) is 15.2 Å². The first-order chi connectivity index (χ1) is 7.70. The maximum absolute atomic E-state index is 11.8. The monoisotopic (exact) mass is 329 g/mol. The molecule has 1 saturated carbocycles. The van der Waals surface area contributed by atoms with Crippen molar-refractivity contribution in [3.63, 3.8) is 0 Å². The number of amides is 1. The van der Waals surface area contributed by atoms with E-state index in [4.69, 9.17) is 0 Å². The van der Waals surface area contributed by atoms with Gasteiger partial charge in [0.1, 0.15) is 0 Å². The highest BCUT2D eigenvalue weighted by Crippen LogP contribution is 2.34. The molecule has 1 aromatic carbocycles. The van der Waals surface area contributed by atoms with Crippen molar-refractivity contribution < 1.29 is 4.79 Å². The van der Waals surface area contributed by atoms with Gasteiger partial charge in [-0.15, -0.1) is 0 Å². The van der Waals surface area contributed by atoms with E-state index >= 15 is 0 Å². The summed E-state index contributed by atoms with van der Waals surface area (Å²) in [6.45, 7) is 2.19. The molecule has 16 heavy (non-hydrogen) atoms. The topological polar surface area (TPSA) is 29.1 Å². The summed E-state index contributed by atoms with van der Waals surface area (Å²) in [5.41, 5.74) is 0.766. The third-order valence-corrected chi connectivity index (χ3v) is 3.72. The lowest BCUT2D eigenvalue weighted by molar-refractivity contribution is 0.0949. The molecule has 0 aromatic heterocycles. The van der Waals surface area contributed by atoms with Gasteiger partial charge < -0.3 is 5.32 Å². The van der Waals surface area contributed by atoms with E-state index in [9.17, 15) is 4.79 Å². The molecule has 1 aliphatic carbocycles. The van der Waals surface area contributed by atoms with Crippen LogP contribution in [0.1, 0.15) is 36.5 Å². The molecule has 0 bridgehead atoms. The largest absolute Gasteiger partial charge is 0.349 e. The Kier molecular flexibility index (Phi) is 3.84. The third-order valence-electron chi connectivity index (χ3n) is 3.00. The predicted molar refractivity (Wildman–Crippen MR) is 73.4 cm³/mol. The zero-order valence-electron chi connectivity index (χ0n) is 9.37. The summed E-state index contributed by atoms with van der Waals surface area (Å²) in [5.74, 6) is 0.790. The van der Waals surface area contributed by atoms with E-state index in [-0.39, 0.29) is 5.91 Å². The second-order valence-electron chi connectivity index (χ2n) is 4.37. The Morgan fingerprint density at radius 2 is 2.12 bits per heavy atom. The van der Waals surface area contributed by atoms with Crippen molar-refractivity contribution in [3.8, 4) is 0 Å². The standard InChI is InChI=1S/C13H16INO/c1-2-3-10-8-12(10)15-13(16)9-4-6-11(14)7-5-9/h4-7,10,12H,2-3,8H2,1H3,(H,15,16).